The Labute approximate surface area is 230 Å². The van der Waals surface area contributed by atoms with E-state index in [-0.39, 0.29) is 11.3 Å². The average Bonchev–Trinajstić information content (AvgIpc) is 3.50. The van der Waals surface area contributed by atoms with Crippen LogP contribution in [0.3, 0.4) is 0 Å². The predicted molar refractivity (Wildman–Crippen MR) is 151 cm³/mol. The highest BCUT2D eigenvalue weighted by molar-refractivity contribution is 7.22. The fourth-order valence-electron chi connectivity index (χ4n) is 4.45. The summed E-state index contributed by atoms with van der Waals surface area (Å²) >= 11 is 1.28. The van der Waals surface area contributed by atoms with Gasteiger partial charge in [0.15, 0.2) is 5.13 Å². The molecule has 1 aliphatic rings. The monoisotopic (exact) mass is 544 g/mol. The van der Waals surface area contributed by atoms with E-state index in [1.807, 2.05) is 30.3 Å². The first-order chi connectivity index (χ1) is 18.9. The smallest absolute Gasteiger partial charge is 0.301 e. The second-order valence-electron chi connectivity index (χ2n) is 9.00. The molecule has 1 amide bonds. The number of amides is 1. The van der Waals surface area contributed by atoms with Crippen molar-refractivity contribution in [1.82, 2.24) is 4.98 Å². The molecule has 1 aliphatic heterocycles. The number of rotatable bonds is 9. The zero-order valence-electron chi connectivity index (χ0n) is 21.8. The number of nitrogens with zero attached hydrogens (tertiary/aromatic N) is 2. The van der Waals surface area contributed by atoms with Crippen molar-refractivity contribution < 1.29 is 28.9 Å². The number of aliphatic hydroxyl groups is 1. The number of aromatic nitrogens is 1. The number of anilines is 1. The fraction of sp³-hybridized carbons (Fsp3) is 0.233. The molecule has 1 saturated heterocycles. The third-order valence-electron chi connectivity index (χ3n) is 6.56. The lowest BCUT2D eigenvalue weighted by atomic mass is 9.95. The Morgan fingerprint density at radius 3 is 2.28 bits per heavy atom. The first-order valence-electron chi connectivity index (χ1n) is 12.6. The lowest BCUT2D eigenvalue weighted by Crippen LogP contribution is -2.29. The summed E-state index contributed by atoms with van der Waals surface area (Å²) in [5.74, 6) is 0.139. The van der Waals surface area contributed by atoms with Crippen LogP contribution in [0.15, 0.2) is 72.3 Å². The molecule has 1 N–H and O–H groups in total. The van der Waals surface area contributed by atoms with Crippen LogP contribution in [0.2, 0.25) is 0 Å². The van der Waals surface area contributed by atoms with Crippen LogP contribution in [0.25, 0.3) is 16.0 Å². The second-order valence-corrected chi connectivity index (χ2v) is 10.0. The Morgan fingerprint density at radius 1 is 0.949 bits per heavy atom. The van der Waals surface area contributed by atoms with Crippen molar-refractivity contribution in [3.05, 3.63) is 83.4 Å². The molecular formula is C30H28N2O6S. The number of ether oxygens (including phenoxy) is 3. The molecule has 5 rings (SSSR count). The van der Waals surface area contributed by atoms with Crippen molar-refractivity contribution in [2.45, 2.75) is 25.8 Å². The minimum absolute atomic E-state index is 0.0124. The Morgan fingerprint density at radius 2 is 1.62 bits per heavy atom. The summed E-state index contributed by atoms with van der Waals surface area (Å²) in [5.41, 5.74) is 1.70. The molecule has 1 unspecified atom stereocenters. The molecule has 3 aromatic carbocycles. The van der Waals surface area contributed by atoms with Gasteiger partial charge in [-0.15, -0.1) is 0 Å². The first-order valence-corrected chi connectivity index (χ1v) is 13.4. The number of thiazole rings is 1. The Bertz CT molecular complexity index is 1540. The number of carbonyl (C=O) groups excluding carboxylic acids is 2. The Hall–Kier alpha value is -4.37. The van der Waals surface area contributed by atoms with Gasteiger partial charge in [-0.2, -0.15) is 0 Å². The van der Waals surface area contributed by atoms with Crippen LogP contribution in [0.1, 0.15) is 36.9 Å². The van der Waals surface area contributed by atoms with Gasteiger partial charge in [-0.1, -0.05) is 36.8 Å². The summed E-state index contributed by atoms with van der Waals surface area (Å²) in [6, 6.07) is 18.4. The van der Waals surface area contributed by atoms with Crippen molar-refractivity contribution >= 4 is 44.1 Å². The van der Waals surface area contributed by atoms with Crippen LogP contribution in [0, 0.1) is 0 Å². The largest absolute Gasteiger partial charge is 0.507 e. The van der Waals surface area contributed by atoms with Gasteiger partial charge in [-0.05, 0) is 66.6 Å². The van der Waals surface area contributed by atoms with Gasteiger partial charge in [0, 0.05) is 5.56 Å². The van der Waals surface area contributed by atoms with Crippen molar-refractivity contribution in [3.63, 3.8) is 0 Å². The summed E-state index contributed by atoms with van der Waals surface area (Å²) in [4.78, 5) is 33.0. The van der Waals surface area contributed by atoms with E-state index in [1.165, 1.54) is 16.2 Å². The number of methoxy groups -OCH3 is 2. The lowest BCUT2D eigenvalue weighted by molar-refractivity contribution is -0.132. The molecule has 2 heterocycles. The third-order valence-corrected chi connectivity index (χ3v) is 7.58. The van der Waals surface area contributed by atoms with E-state index in [9.17, 15) is 14.7 Å². The van der Waals surface area contributed by atoms with Crippen LogP contribution < -0.4 is 19.1 Å². The van der Waals surface area contributed by atoms with Gasteiger partial charge >= 0.3 is 5.91 Å². The van der Waals surface area contributed by atoms with E-state index in [1.54, 1.807) is 50.6 Å². The number of hydrogen-bond donors (Lipinski definition) is 1. The molecule has 4 aromatic rings. The zero-order valence-corrected chi connectivity index (χ0v) is 22.7. The molecule has 0 saturated carbocycles. The summed E-state index contributed by atoms with van der Waals surface area (Å²) in [6.45, 7) is 2.69. The van der Waals surface area contributed by atoms with E-state index in [2.05, 4.69) is 11.9 Å². The van der Waals surface area contributed by atoms with Gasteiger partial charge in [-0.3, -0.25) is 14.5 Å². The van der Waals surface area contributed by atoms with Gasteiger partial charge in [0.1, 0.15) is 23.0 Å². The van der Waals surface area contributed by atoms with Gasteiger partial charge in [0.2, 0.25) is 0 Å². The second kappa shape index (κ2) is 11.2. The fourth-order valence-corrected chi connectivity index (χ4v) is 5.47. The summed E-state index contributed by atoms with van der Waals surface area (Å²) in [5, 5.41) is 11.7. The maximum atomic E-state index is 13.5. The van der Waals surface area contributed by atoms with E-state index in [4.69, 9.17) is 14.2 Å². The van der Waals surface area contributed by atoms with Crippen molar-refractivity contribution in [3.8, 4) is 17.2 Å². The van der Waals surface area contributed by atoms with E-state index >= 15 is 0 Å². The van der Waals surface area contributed by atoms with Gasteiger partial charge < -0.3 is 19.3 Å². The van der Waals surface area contributed by atoms with Crippen LogP contribution in [-0.2, 0) is 9.59 Å². The summed E-state index contributed by atoms with van der Waals surface area (Å²) in [7, 11) is 3.13. The molecular weight excluding hydrogens is 516 g/mol. The normalized spacial score (nSPS) is 16.6. The first kappa shape index (κ1) is 26.2. The van der Waals surface area contributed by atoms with Gasteiger partial charge in [-0.25, -0.2) is 4.98 Å². The Balaban J connectivity index is 1.63. The molecule has 39 heavy (non-hydrogen) atoms. The van der Waals surface area contributed by atoms with Gasteiger partial charge in [0.05, 0.1) is 42.7 Å². The summed E-state index contributed by atoms with van der Waals surface area (Å²) < 4.78 is 17.2. The molecule has 1 aromatic heterocycles. The minimum Gasteiger partial charge on any atom is -0.507 e. The highest BCUT2D eigenvalue weighted by Crippen LogP contribution is 2.45. The van der Waals surface area contributed by atoms with Crippen LogP contribution in [0.5, 0.6) is 17.2 Å². The third kappa shape index (κ3) is 5.05. The van der Waals surface area contributed by atoms with E-state index < -0.39 is 17.7 Å². The number of hydrogen-bond acceptors (Lipinski definition) is 8. The average molecular weight is 545 g/mol. The number of unbranched alkanes of at least 4 members (excludes halogenated alkanes) is 1. The number of benzene rings is 3. The predicted octanol–water partition coefficient (Wildman–Crippen LogP) is 6.12. The standard InChI is InChI=1S/C30H28N2O6S/c1-4-5-16-38-21-12-6-18(7-13-21)26-25(27(33)19-8-10-20(36-2)11-9-19)28(34)29(35)32(26)30-31-23-15-14-22(37-3)17-24(23)39-30/h6-15,17,26,33H,4-5,16H2,1-3H3/b27-25+. The number of fused-ring (bicyclic) bond motifs is 1. The lowest BCUT2D eigenvalue weighted by Gasteiger charge is -2.23. The number of aliphatic hydroxyl groups excluding tert-OH is 1. The van der Waals surface area contributed by atoms with Crippen molar-refractivity contribution in [2.24, 2.45) is 0 Å². The SMILES string of the molecule is CCCCOc1ccc(C2/C(=C(\O)c3ccc(OC)cc3)C(=O)C(=O)N2c2nc3ccc(OC)cc3s2)cc1. The van der Waals surface area contributed by atoms with Crippen molar-refractivity contribution in [2.75, 3.05) is 25.7 Å². The molecule has 0 aliphatic carbocycles. The maximum absolute atomic E-state index is 13.5. The highest BCUT2D eigenvalue weighted by atomic mass is 32.1. The molecule has 200 valence electrons. The molecule has 0 radical (unpaired) electrons. The molecule has 1 fully saturated rings. The maximum Gasteiger partial charge on any atom is 0.301 e. The number of ketones is 1. The zero-order chi connectivity index (χ0) is 27.5. The highest BCUT2D eigenvalue weighted by Gasteiger charge is 2.48. The van der Waals surface area contributed by atoms with E-state index in [0.29, 0.717) is 45.6 Å². The minimum atomic E-state index is -0.890. The molecule has 8 nitrogen and oxygen atoms in total. The van der Waals surface area contributed by atoms with E-state index in [0.717, 1.165) is 17.5 Å². The van der Waals surface area contributed by atoms with Crippen LogP contribution >= 0.6 is 11.3 Å². The molecule has 1 atom stereocenters. The molecule has 0 bridgehead atoms. The quantitative estimate of drug-likeness (QED) is 0.117. The topological polar surface area (TPSA) is 98.2 Å². The summed E-state index contributed by atoms with van der Waals surface area (Å²) in [6.07, 6.45) is 1.96. The van der Waals surface area contributed by atoms with Crippen molar-refractivity contribution in [1.29, 1.82) is 0 Å². The number of carbonyl (C=O) groups is 2. The van der Waals surface area contributed by atoms with Crippen LogP contribution in [0.4, 0.5) is 5.13 Å². The molecule has 0 spiro atoms. The number of Topliss-reactive ketones (excluding diaryl/α,β-unsaturated/α-hetero) is 1. The van der Waals surface area contributed by atoms with Gasteiger partial charge in [0.25, 0.3) is 5.78 Å². The molecule has 9 heteroatoms. The Kier molecular flexibility index (Phi) is 7.51. The van der Waals surface area contributed by atoms with Crippen LogP contribution in [-0.4, -0.2) is 42.6 Å².